The standard InChI is InChI=1S/C25H30N4O2/c1-18-8-7-11-20(16-18)27-24(30)17-29-22-13-6-5-12-21(22)28-23(29)14-15-26-25(31)19-9-3-2-4-10-19/h5-8,11-13,16,19H,2-4,9-10,14-15,17H2,1H3,(H,26,31)(H,27,30). The van der Waals surface area contributed by atoms with Crippen LogP contribution < -0.4 is 10.6 Å². The third kappa shape index (κ3) is 5.32. The Morgan fingerprint density at radius 3 is 2.68 bits per heavy atom. The van der Waals surface area contributed by atoms with Crippen molar-refractivity contribution in [1.29, 1.82) is 0 Å². The first kappa shape index (κ1) is 21.1. The van der Waals surface area contributed by atoms with Crippen molar-refractivity contribution in [3.05, 3.63) is 59.9 Å². The van der Waals surface area contributed by atoms with Crippen molar-refractivity contribution < 1.29 is 9.59 Å². The van der Waals surface area contributed by atoms with Crippen LogP contribution in [0.1, 0.15) is 43.5 Å². The molecule has 2 N–H and O–H groups in total. The van der Waals surface area contributed by atoms with E-state index in [1.54, 1.807) is 0 Å². The Morgan fingerprint density at radius 2 is 1.87 bits per heavy atom. The first-order chi connectivity index (χ1) is 15.1. The number of para-hydroxylation sites is 2. The predicted molar refractivity (Wildman–Crippen MR) is 123 cm³/mol. The van der Waals surface area contributed by atoms with E-state index in [9.17, 15) is 9.59 Å². The van der Waals surface area contributed by atoms with Crippen molar-refractivity contribution in [2.45, 2.75) is 52.0 Å². The molecule has 1 aromatic heterocycles. The lowest BCUT2D eigenvalue weighted by Crippen LogP contribution is -2.33. The van der Waals surface area contributed by atoms with Crippen molar-refractivity contribution in [1.82, 2.24) is 14.9 Å². The first-order valence-corrected chi connectivity index (χ1v) is 11.2. The van der Waals surface area contributed by atoms with E-state index in [2.05, 4.69) is 10.6 Å². The molecule has 0 radical (unpaired) electrons. The van der Waals surface area contributed by atoms with Crippen molar-refractivity contribution >= 4 is 28.5 Å². The Balaban J connectivity index is 1.44. The van der Waals surface area contributed by atoms with Gasteiger partial charge in [-0.25, -0.2) is 4.98 Å². The number of aromatic nitrogens is 2. The number of rotatable bonds is 7. The molecule has 0 bridgehead atoms. The molecule has 3 aromatic rings. The fourth-order valence-corrected chi connectivity index (χ4v) is 4.37. The number of hydrogen-bond donors (Lipinski definition) is 2. The maximum Gasteiger partial charge on any atom is 0.244 e. The zero-order valence-electron chi connectivity index (χ0n) is 18.1. The van der Waals surface area contributed by atoms with E-state index in [4.69, 9.17) is 4.98 Å². The summed E-state index contributed by atoms with van der Waals surface area (Å²) in [4.78, 5) is 29.9. The van der Waals surface area contributed by atoms with E-state index in [0.717, 1.165) is 53.8 Å². The highest BCUT2D eigenvalue weighted by molar-refractivity contribution is 5.91. The number of carbonyl (C=O) groups is 2. The van der Waals surface area contributed by atoms with Gasteiger partial charge in [-0.3, -0.25) is 9.59 Å². The molecule has 1 aliphatic rings. The van der Waals surface area contributed by atoms with Crippen molar-refractivity contribution in [2.75, 3.05) is 11.9 Å². The largest absolute Gasteiger partial charge is 0.355 e. The van der Waals surface area contributed by atoms with Crippen LogP contribution in [0.2, 0.25) is 0 Å². The minimum Gasteiger partial charge on any atom is -0.355 e. The number of nitrogens with one attached hydrogen (secondary N) is 2. The normalized spacial score (nSPS) is 14.5. The molecule has 2 aromatic carbocycles. The Hall–Kier alpha value is -3.15. The maximum atomic E-state index is 12.7. The lowest BCUT2D eigenvalue weighted by atomic mass is 9.89. The van der Waals surface area contributed by atoms with Crippen molar-refractivity contribution in [3.8, 4) is 0 Å². The molecule has 1 aliphatic carbocycles. The maximum absolute atomic E-state index is 12.7. The van der Waals surface area contributed by atoms with Gasteiger partial charge in [0.2, 0.25) is 11.8 Å². The summed E-state index contributed by atoms with van der Waals surface area (Å²) < 4.78 is 1.95. The molecule has 1 heterocycles. The topological polar surface area (TPSA) is 76.0 Å². The summed E-state index contributed by atoms with van der Waals surface area (Å²) in [5.74, 6) is 1.01. The summed E-state index contributed by atoms with van der Waals surface area (Å²) >= 11 is 0. The van der Waals surface area contributed by atoms with E-state index < -0.39 is 0 Å². The second-order valence-electron chi connectivity index (χ2n) is 8.40. The van der Waals surface area contributed by atoms with Gasteiger partial charge in [0.15, 0.2) is 0 Å². The van der Waals surface area contributed by atoms with Gasteiger partial charge in [0.05, 0.1) is 11.0 Å². The molecule has 0 spiro atoms. The molecule has 162 valence electrons. The first-order valence-electron chi connectivity index (χ1n) is 11.2. The highest BCUT2D eigenvalue weighted by Gasteiger charge is 2.21. The predicted octanol–water partition coefficient (Wildman–Crippen LogP) is 4.22. The minimum absolute atomic E-state index is 0.0961. The third-order valence-corrected chi connectivity index (χ3v) is 5.96. The average molecular weight is 419 g/mol. The molecule has 1 saturated carbocycles. The monoisotopic (exact) mass is 418 g/mol. The fourth-order valence-electron chi connectivity index (χ4n) is 4.37. The second kappa shape index (κ2) is 9.77. The zero-order valence-corrected chi connectivity index (χ0v) is 18.1. The molecular formula is C25H30N4O2. The smallest absolute Gasteiger partial charge is 0.244 e. The molecule has 0 saturated heterocycles. The molecule has 2 amide bonds. The number of imidazole rings is 1. The van der Waals surface area contributed by atoms with Gasteiger partial charge in [-0.15, -0.1) is 0 Å². The van der Waals surface area contributed by atoms with Crippen LogP contribution in [0.3, 0.4) is 0 Å². The number of nitrogens with zero attached hydrogens (tertiary/aromatic N) is 2. The van der Waals surface area contributed by atoms with Crippen LogP contribution in [0.25, 0.3) is 11.0 Å². The number of hydrogen-bond acceptors (Lipinski definition) is 3. The van der Waals surface area contributed by atoms with Crippen molar-refractivity contribution in [2.24, 2.45) is 5.92 Å². The molecule has 4 rings (SSSR count). The number of amides is 2. The summed E-state index contributed by atoms with van der Waals surface area (Å²) in [5.41, 5.74) is 3.67. The van der Waals surface area contributed by atoms with Gasteiger partial charge in [-0.05, 0) is 49.6 Å². The van der Waals surface area contributed by atoms with Gasteiger partial charge in [-0.1, -0.05) is 43.5 Å². The summed E-state index contributed by atoms with van der Waals surface area (Å²) in [7, 11) is 0. The Morgan fingerprint density at radius 1 is 1.06 bits per heavy atom. The van der Waals surface area contributed by atoms with Crippen LogP contribution in [0, 0.1) is 12.8 Å². The number of carbonyl (C=O) groups excluding carboxylic acids is 2. The summed E-state index contributed by atoms with van der Waals surface area (Å²) in [6, 6.07) is 15.6. The van der Waals surface area contributed by atoms with E-state index in [-0.39, 0.29) is 24.3 Å². The van der Waals surface area contributed by atoms with Crippen molar-refractivity contribution in [3.63, 3.8) is 0 Å². The Labute approximate surface area is 183 Å². The lowest BCUT2D eigenvalue weighted by Gasteiger charge is -2.20. The summed E-state index contributed by atoms with van der Waals surface area (Å²) in [6.45, 7) is 2.71. The van der Waals surface area contributed by atoms with Crippen LogP contribution in [0.5, 0.6) is 0 Å². The van der Waals surface area contributed by atoms with Gasteiger partial charge in [0.1, 0.15) is 12.4 Å². The number of fused-ring (bicyclic) bond motifs is 1. The molecule has 0 aliphatic heterocycles. The minimum atomic E-state index is -0.0961. The highest BCUT2D eigenvalue weighted by atomic mass is 16.2. The zero-order chi connectivity index (χ0) is 21.6. The second-order valence-corrected chi connectivity index (χ2v) is 8.40. The Kier molecular flexibility index (Phi) is 6.65. The Bertz CT molecular complexity index is 1070. The molecule has 6 nitrogen and oxygen atoms in total. The van der Waals surface area contributed by atoms with E-state index >= 15 is 0 Å². The van der Waals surface area contributed by atoms with Crippen LogP contribution in [-0.2, 0) is 22.6 Å². The number of benzene rings is 2. The lowest BCUT2D eigenvalue weighted by molar-refractivity contribution is -0.125. The van der Waals surface area contributed by atoms with Gasteiger partial charge < -0.3 is 15.2 Å². The van der Waals surface area contributed by atoms with Crippen LogP contribution in [0.4, 0.5) is 5.69 Å². The van der Waals surface area contributed by atoms with Gasteiger partial charge in [0, 0.05) is 24.6 Å². The highest BCUT2D eigenvalue weighted by Crippen LogP contribution is 2.23. The summed E-state index contributed by atoms with van der Waals surface area (Å²) in [6.07, 6.45) is 6.09. The molecule has 0 unspecified atom stereocenters. The van der Waals surface area contributed by atoms with Gasteiger partial charge >= 0.3 is 0 Å². The van der Waals surface area contributed by atoms with Crippen LogP contribution in [0.15, 0.2) is 48.5 Å². The molecule has 1 fully saturated rings. The molecule has 31 heavy (non-hydrogen) atoms. The molecular weight excluding hydrogens is 388 g/mol. The quantitative estimate of drug-likeness (QED) is 0.603. The van der Waals surface area contributed by atoms with Gasteiger partial charge in [0.25, 0.3) is 0 Å². The SMILES string of the molecule is Cc1cccc(NC(=O)Cn2c(CCNC(=O)C3CCCCC3)nc3ccccc32)c1. The molecule has 0 atom stereocenters. The van der Waals surface area contributed by atoms with E-state index in [1.165, 1.54) is 6.42 Å². The number of anilines is 1. The van der Waals surface area contributed by atoms with E-state index in [0.29, 0.717) is 13.0 Å². The fraction of sp³-hybridized carbons (Fsp3) is 0.400. The van der Waals surface area contributed by atoms with Crippen LogP contribution in [-0.4, -0.2) is 27.9 Å². The summed E-state index contributed by atoms with van der Waals surface area (Å²) in [5, 5.41) is 6.05. The van der Waals surface area contributed by atoms with E-state index in [1.807, 2.05) is 60.0 Å². The third-order valence-electron chi connectivity index (χ3n) is 5.96. The molecule has 6 heteroatoms. The number of aryl methyl sites for hydroxylation is 1. The average Bonchev–Trinajstić information content (AvgIpc) is 3.11. The van der Waals surface area contributed by atoms with Crippen LogP contribution >= 0.6 is 0 Å². The van der Waals surface area contributed by atoms with Gasteiger partial charge in [-0.2, -0.15) is 0 Å².